The average molecular weight is 425 g/mol. The molecule has 0 radical (unpaired) electrons. The molecule has 4 rings (SSSR count). The van der Waals surface area contributed by atoms with Crippen molar-refractivity contribution >= 4 is 57.4 Å². The van der Waals surface area contributed by atoms with Gasteiger partial charge in [0.25, 0.3) is 11.8 Å². The molecule has 29 heavy (non-hydrogen) atoms. The molecule has 0 aliphatic heterocycles. The second kappa shape index (κ2) is 7.99. The van der Waals surface area contributed by atoms with Gasteiger partial charge in [0.1, 0.15) is 5.58 Å². The molecule has 0 aliphatic carbocycles. The third kappa shape index (κ3) is 4.26. The quantitative estimate of drug-likeness (QED) is 0.406. The number of rotatable bonds is 4. The van der Waals surface area contributed by atoms with Crippen LogP contribution in [0.25, 0.3) is 11.0 Å². The van der Waals surface area contributed by atoms with Crippen LogP contribution in [0.3, 0.4) is 0 Å². The number of halogens is 2. The van der Waals surface area contributed by atoms with Crippen LogP contribution in [-0.4, -0.2) is 11.8 Å². The predicted octanol–water partition coefficient (Wildman–Crippen LogP) is 6.24. The van der Waals surface area contributed by atoms with Crippen LogP contribution in [0.5, 0.6) is 0 Å². The molecular formula is C22H14Cl2N2O3. The van der Waals surface area contributed by atoms with E-state index < -0.39 is 0 Å². The number of carbonyl (C=O) groups excluding carboxylic acids is 2. The maximum Gasteiger partial charge on any atom is 0.291 e. The van der Waals surface area contributed by atoms with Gasteiger partial charge in [-0.05, 0) is 48.5 Å². The Labute approximate surface area is 176 Å². The van der Waals surface area contributed by atoms with Crippen LogP contribution in [0.15, 0.2) is 77.2 Å². The lowest BCUT2D eigenvalue weighted by molar-refractivity contribution is 0.0997. The van der Waals surface area contributed by atoms with E-state index in [0.717, 1.165) is 5.39 Å². The minimum atomic E-state index is -0.384. The third-order valence-corrected chi connectivity index (χ3v) is 4.75. The molecule has 7 heteroatoms. The Morgan fingerprint density at radius 2 is 1.48 bits per heavy atom. The zero-order valence-electron chi connectivity index (χ0n) is 14.9. The summed E-state index contributed by atoms with van der Waals surface area (Å²) in [6, 6.07) is 20.5. The molecule has 1 aromatic heterocycles. The molecule has 5 nitrogen and oxygen atoms in total. The number of nitrogens with one attached hydrogen (secondary N) is 2. The molecule has 0 bridgehead atoms. The van der Waals surface area contributed by atoms with Crippen molar-refractivity contribution in [2.75, 3.05) is 10.6 Å². The van der Waals surface area contributed by atoms with Gasteiger partial charge in [-0.15, -0.1) is 0 Å². The van der Waals surface area contributed by atoms with Gasteiger partial charge in [-0.3, -0.25) is 9.59 Å². The fourth-order valence-corrected chi connectivity index (χ4v) is 3.33. The lowest BCUT2D eigenvalue weighted by atomic mass is 10.2. The summed E-state index contributed by atoms with van der Waals surface area (Å²) in [6.07, 6.45) is 0. The Hall–Kier alpha value is -3.28. The molecule has 1 heterocycles. The topological polar surface area (TPSA) is 71.3 Å². The summed E-state index contributed by atoms with van der Waals surface area (Å²) in [5.41, 5.74) is 1.95. The first-order chi connectivity index (χ1) is 14.0. The third-order valence-electron chi connectivity index (χ3n) is 4.20. The number of para-hydroxylation sites is 1. The number of fused-ring (bicyclic) bond motifs is 1. The Morgan fingerprint density at radius 3 is 2.21 bits per heavy atom. The molecule has 0 unspecified atom stereocenters. The highest BCUT2D eigenvalue weighted by molar-refractivity contribution is 6.37. The average Bonchev–Trinajstić information content (AvgIpc) is 3.12. The van der Waals surface area contributed by atoms with E-state index in [4.69, 9.17) is 27.6 Å². The molecule has 0 saturated heterocycles. The second-order valence-corrected chi connectivity index (χ2v) is 7.11. The molecule has 0 fully saturated rings. The highest BCUT2D eigenvalue weighted by Gasteiger charge is 2.14. The molecule has 0 atom stereocenters. The van der Waals surface area contributed by atoms with Crippen molar-refractivity contribution in [3.8, 4) is 0 Å². The van der Waals surface area contributed by atoms with Crippen molar-refractivity contribution < 1.29 is 14.0 Å². The molecule has 0 aliphatic rings. The number of amides is 2. The van der Waals surface area contributed by atoms with Gasteiger partial charge in [-0.1, -0.05) is 47.5 Å². The summed E-state index contributed by atoms with van der Waals surface area (Å²) in [6.45, 7) is 0. The molecular weight excluding hydrogens is 411 g/mol. The zero-order chi connectivity index (χ0) is 20.4. The maximum atomic E-state index is 12.5. The van der Waals surface area contributed by atoms with E-state index in [1.54, 1.807) is 48.5 Å². The first-order valence-electron chi connectivity index (χ1n) is 8.66. The Kier molecular flexibility index (Phi) is 5.25. The van der Waals surface area contributed by atoms with E-state index in [1.165, 1.54) is 6.07 Å². The smallest absolute Gasteiger partial charge is 0.291 e. The SMILES string of the molecule is O=C(Nc1cccc(NC(=O)c2ccc(Cl)cc2Cl)c1)c1cc2ccccc2o1. The number of carbonyl (C=O) groups is 2. The summed E-state index contributed by atoms with van der Waals surface area (Å²) in [7, 11) is 0. The van der Waals surface area contributed by atoms with Crippen molar-refractivity contribution in [1.29, 1.82) is 0 Å². The lowest BCUT2D eigenvalue weighted by Crippen LogP contribution is -2.14. The monoisotopic (exact) mass is 424 g/mol. The van der Waals surface area contributed by atoms with Gasteiger partial charge >= 0.3 is 0 Å². The molecule has 2 N–H and O–H groups in total. The van der Waals surface area contributed by atoms with Crippen molar-refractivity contribution in [3.05, 3.63) is 94.2 Å². The number of hydrogen-bond acceptors (Lipinski definition) is 3. The van der Waals surface area contributed by atoms with Crippen molar-refractivity contribution in [2.24, 2.45) is 0 Å². The fourth-order valence-electron chi connectivity index (χ4n) is 2.83. The van der Waals surface area contributed by atoms with E-state index in [0.29, 0.717) is 27.5 Å². The highest BCUT2D eigenvalue weighted by Crippen LogP contribution is 2.24. The highest BCUT2D eigenvalue weighted by atomic mass is 35.5. The molecule has 0 saturated carbocycles. The summed E-state index contributed by atoms with van der Waals surface area (Å²) >= 11 is 11.9. The zero-order valence-corrected chi connectivity index (χ0v) is 16.4. The van der Waals surface area contributed by atoms with E-state index in [-0.39, 0.29) is 22.6 Å². The van der Waals surface area contributed by atoms with Crippen LogP contribution in [-0.2, 0) is 0 Å². The van der Waals surface area contributed by atoms with Gasteiger partial charge in [0.2, 0.25) is 0 Å². The van der Waals surface area contributed by atoms with E-state index in [2.05, 4.69) is 10.6 Å². The van der Waals surface area contributed by atoms with Crippen LogP contribution >= 0.6 is 23.2 Å². The first-order valence-corrected chi connectivity index (χ1v) is 9.41. The number of benzene rings is 3. The maximum absolute atomic E-state index is 12.5. The van der Waals surface area contributed by atoms with Crippen molar-refractivity contribution in [1.82, 2.24) is 0 Å². The minimum absolute atomic E-state index is 0.202. The first kappa shape index (κ1) is 19.1. The summed E-state index contributed by atoms with van der Waals surface area (Å²) < 4.78 is 5.57. The standard InChI is InChI=1S/C22H14Cl2N2O3/c23-14-8-9-17(18(24)11-14)21(27)25-15-5-3-6-16(12-15)26-22(28)20-10-13-4-1-2-7-19(13)29-20/h1-12H,(H,25,27)(H,26,28). The molecule has 2 amide bonds. The normalized spacial score (nSPS) is 10.7. The van der Waals surface area contributed by atoms with E-state index in [9.17, 15) is 9.59 Å². The van der Waals surface area contributed by atoms with Crippen molar-refractivity contribution in [3.63, 3.8) is 0 Å². The number of hydrogen-bond donors (Lipinski definition) is 2. The number of furan rings is 1. The predicted molar refractivity (Wildman–Crippen MR) is 115 cm³/mol. The van der Waals surface area contributed by atoms with Crippen LogP contribution < -0.4 is 10.6 Å². The van der Waals surface area contributed by atoms with E-state index in [1.807, 2.05) is 18.2 Å². The van der Waals surface area contributed by atoms with Gasteiger partial charge in [-0.25, -0.2) is 0 Å². The molecule has 144 valence electrons. The number of anilines is 2. The Bertz CT molecular complexity index is 1200. The van der Waals surface area contributed by atoms with Gasteiger partial charge in [0, 0.05) is 21.8 Å². The van der Waals surface area contributed by atoms with Crippen LogP contribution in [0, 0.1) is 0 Å². The van der Waals surface area contributed by atoms with Crippen LogP contribution in [0.2, 0.25) is 10.0 Å². The van der Waals surface area contributed by atoms with Gasteiger partial charge in [-0.2, -0.15) is 0 Å². The minimum Gasteiger partial charge on any atom is -0.451 e. The second-order valence-electron chi connectivity index (χ2n) is 6.26. The summed E-state index contributed by atoms with van der Waals surface area (Å²) in [5.74, 6) is -0.563. The molecule has 4 aromatic rings. The summed E-state index contributed by atoms with van der Waals surface area (Å²) in [5, 5.41) is 7.06. The summed E-state index contributed by atoms with van der Waals surface area (Å²) in [4.78, 5) is 25.0. The van der Waals surface area contributed by atoms with Crippen LogP contribution in [0.1, 0.15) is 20.9 Å². The van der Waals surface area contributed by atoms with Crippen LogP contribution in [0.4, 0.5) is 11.4 Å². The molecule has 3 aromatic carbocycles. The fraction of sp³-hybridized carbons (Fsp3) is 0. The van der Waals surface area contributed by atoms with Gasteiger partial charge < -0.3 is 15.1 Å². The van der Waals surface area contributed by atoms with Crippen molar-refractivity contribution in [2.45, 2.75) is 0 Å². The Morgan fingerprint density at radius 1 is 0.759 bits per heavy atom. The Balaban J connectivity index is 1.49. The largest absolute Gasteiger partial charge is 0.451 e. The van der Waals surface area contributed by atoms with Gasteiger partial charge in [0.15, 0.2) is 5.76 Å². The van der Waals surface area contributed by atoms with E-state index >= 15 is 0 Å². The van der Waals surface area contributed by atoms with Gasteiger partial charge in [0.05, 0.1) is 10.6 Å². The lowest BCUT2D eigenvalue weighted by Gasteiger charge is -2.09. The molecule has 0 spiro atoms.